The van der Waals surface area contributed by atoms with Crippen molar-refractivity contribution in [1.29, 1.82) is 0 Å². The first-order valence-electron chi connectivity index (χ1n) is 3.09. The molecule has 0 fully saturated rings. The molecular weight excluding hydrogens is 148 g/mol. The van der Waals surface area contributed by atoms with Gasteiger partial charge in [-0.05, 0) is 13.1 Å². The molecule has 0 aliphatic rings. The Kier molecular flexibility index (Phi) is 4.44. The van der Waals surface area contributed by atoms with E-state index < -0.39 is 18.7 Å². The van der Waals surface area contributed by atoms with Gasteiger partial charge in [0.1, 0.15) is 0 Å². The lowest BCUT2D eigenvalue weighted by Gasteiger charge is -2.04. The lowest BCUT2D eigenvalue weighted by molar-refractivity contribution is -0.133. The van der Waals surface area contributed by atoms with Crippen LogP contribution in [0.1, 0.15) is 0 Å². The highest BCUT2D eigenvalue weighted by atomic mass is 16.4. The lowest BCUT2D eigenvalue weighted by Crippen LogP contribution is -2.33. The van der Waals surface area contributed by atoms with E-state index in [-0.39, 0.29) is 5.57 Å². The van der Waals surface area contributed by atoms with Crippen molar-refractivity contribution in [1.82, 2.24) is 5.32 Å². The maximum Gasteiger partial charge on any atom is 0.333 e. The molecule has 0 aliphatic carbocycles. The highest BCUT2D eigenvalue weighted by molar-refractivity contribution is 5.86. The van der Waals surface area contributed by atoms with E-state index in [9.17, 15) is 4.79 Å². The Morgan fingerprint density at radius 3 is 2.64 bits per heavy atom. The molecule has 0 saturated carbocycles. The molecule has 64 valence electrons. The van der Waals surface area contributed by atoms with E-state index in [2.05, 4.69) is 5.32 Å². The topological polar surface area (TPSA) is 95.6 Å². The number of hydrogen-bond donors (Lipinski definition) is 4. The summed E-state index contributed by atoms with van der Waals surface area (Å²) in [7, 11) is 1.60. The van der Waals surface area contributed by atoms with Gasteiger partial charge in [0.25, 0.3) is 0 Å². The minimum absolute atomic E-state index is 0.105. The molecule has 0 rings (SSSR count). The number of carboxylic acid groups (broad SMARTS) is 1. The minimum atomic E-state index is -1.15. The van der Waals surface area contributed by atoms with E-state index in [0.717, 1.165) is 0 Å². The van der Waals surface area contributed by atoms with Gasteiger partial charge in [-0.15, -0.1) is 0 Å². The van der Waals surface area contributed by atoms with Crippen LogP contribution in [0.3, 0.4) is 0 Å². The first-order chi connectivity index (χ1) is 5.11. The molecule has 5 heteroatoms. The van der Waals surface area contributed by atoms with Crippen molar-refractivity contribution in [2.24, 2.45) is 5.73 Å². The normalized spacial score (nSPS) is 14.6. The number of carbonyl (C=O) groups is 1. The number of nitrogens with two attached hydrogens (primary N) is 1. The molecule has 1 unspecified atom stereocenters. The molecule has 0 bridgehead atoms. The van der Waals surface area contributed by atoms with Gasteiger partial charge in [-0.3, -0.25) is 0 Å². The molecule has 0 aromatic rings. The third-order valence-electron chi connectivity index (χ3n) is 1.16. The van der Waals surface area contributed by atoms with Gasteiger partial charge in [-0.25, -0.2) is 4.79 Å². The fourth-order valence-electron chi connectivity index (χ4n) is 0.492. The predicted molar refractivity (Wildman–Crippen MR) is 39.8 cm³/mol. The van der Waals surface area contributed by atoms with Crippen LogP contribution in [0.4, 0.5) is 0 Å². The summed E-state index contributed by atoms with van der Waals surface area (Å²) in [5.41, 5.74) is 5.22. The number of aliphatic hydroxyl groups is 1. The Bertz CT molecular complexity index is 167. The Hall–Kier alpha value is -0.910. The number of hydrogen-bond acceptors (Lipinski definition) is 4. The first kappa shape index (κ1) is 10.1. The van der Waals surface area contributed by atoms with Gasteiger partial charge < -0.3 is 21.3 Å². The van der Waals surface area contributed by atoms with Crippen molar-refractivity contribution >= 4 is 5.97 Å². The van der Waals surface area contributed by atoms with Crippen molar-refractivity contribution in [2.75, 3.05) is 13.7 Å². The van der Waals surface area contributed by atoms with Crippen LogP contribution in [0.5, 0.6) is 0 Å². The van der Waals surface area contributed by atoms with Crippen molar-refractivity contribution in [3.05, 3.63) is 11.6 Å². The van der Waals surface area contributed by atoms with Crippen LogP contribution in [0.25, 0.3) is 0 Å². The lowest BCUT2D eigenvalue weighted by atomic mass is 10.2. The summed E-state index contributed by atoms with van der Waals surface area (Å²) in [6, 6.07) is 0. The zero-order chi connectivity index (χ0) is 8.85. The van der Waals surface area contributed by atoms with E-state index in [0.29, 0.717) is 0 Å². The van der Waals surface area contributed by atoms with Gasteiger partial charge in [0.2, 0.25) is 0 Å². The number of aliphatic carboxylic acids is 1. The maximum absolute atomic E-state index is 10.3. The highest BCUT2D eigenvalue weighted by Gasteiger charge is 2.06. The minimum Gasteiger partial charge on any atom is -0.478 e. The summed E-state index contributed by atoms with van der Waals surface area (Å²) in [5.74, 6) is -1.15. The molecule has 5 nitrogen and oxygen atoms in total. The van der Waals surface area contributed by atoms with Crippen LogP contribution < -0.4 is 11.1 Å². The van der Waals surface area contributed by atoms with Gasteiger partial charge in [-0.1, -0.05) is 0 Å². The van der Waals surface area contributed by atoms with Crippen LogP contribution in [0.2, 0.25) is 0 Å². The summed E-state index contributed by atoms with van der Waals surface area (Å²) < 4.78 is 0. The molecule has 0 radical (unpaired) electrons. The molecule has 0 aliphatic heterocycles. The zero-order valence-corrected chi connectivity index (χ0v) is 6.24. The smallest absolute Gasteiger partial charge is 0.333 e. The molecule has 0 aromatic carbocycles. The summed E-state index contributed by atoms with van der Waals surface area (Å²) in [4.78, 5) is 10.3. The summed E-state index contributed by atoms with van der Waals surface area (Å²) in [5, 5.41) is 19.5. The highest BCUT2D eigenvalue weighted by Crippen LogP contribution is 1.92. The fraction of sp³-hybridized carbons (Fsp3) is 0.500. The fourth-order valence-corrected chi connectivity index (χ4v) is 0.492. The van der Waals surface area contributed by atoms with Crippen molar-refractivity contribution in [2.45, 2.75) is 6.17 Å². The molecule has 0 heterocycles. The van der Waals surface area contributed by atoms with E-state index >= 15 is 0 Å². The molecule has 11 heavy (non-hydrogen) atoms. The average Bonchev–Trinajstić information content (AvgIpc) is 1.99. The van der Waals surface area contributed by atoms with E-state index in [1.165, 1.54) is 6.08 Å². The molecular formula is C6H12N2O3. The Morgan fingerprint density at radius 2 is 2.36 bits per heavy atom. The van der Waals surface area contributed by atoms with Gasteiger partial charge in [0.15, 0.2) is 0 Å². The van der Waals surface area contributed by atoms with Crippen molar-refractivity contribution < 1.29 is 15.0 Å². The van der Waals surface area contributed by atoms with E-state index in [4.69, 9.17) is 15.9 Å². The molecule has 0 amide bonds. The third-order valence-corrected chi connectivity index (χ3v) is 1.16. The summed E-state index contributed by atoms with van der Waals surface area (Å²) >= 11 is 0. The number of nitrogens with one attached hydrogen (secondary N) is 1. The van der Waals surface area contributed by atoms with Crippen LogP contribution in [0, 0.1) is 0 Å². The monoisotopic (exact) mass is 160 g/mol. The first-order valence-corrected chi connectivity index (χ1v) is 3.09. The second-order valence-electron chi connectivity index (χ2n) is 1.97. The average molecular weight is 160 g/mol. The molecule has 5 N–H and O–H groups in total. The largest absolute Gasteiger partial charge is 0.478 e. The number of carboxylic acids is 1. The van der Waals surface area contributed by atoms with Crippen molar-refractivity contribution in [3.8, 4) is 0 Å². The summed E-state index contributed by atoms with van der Waals surface area (Å²) in [6.07, 6.45) is 0.718. The number of rotatable bonds is 4. The van der Waals surface area contributed by atoms with Crippen LogP contribution in [0.15, 0.2) is 11.6 Å². The van der Waals surface area contributed by atoms with Crippen LogP contribution >= 0.6 is 0 Å². The Balaban J connectivity index is 4.22. The molecule has 0 saturated heterocycles. The zero-order valence-electron chi connectivity index (χ0n) is 6.24. The molecule has 0 spiro atoms. The number of likely N-dealkylation sites (N-methyl/N-ethyl adjacent to an activating group) is 1. The van der Waals surface area contributed by atoms with E-state index in [1.807, 2.05) is 0 Å². The molecule has 1 atom stereocenters. The van der Waals surface area contributed by atoms with Crippen molar-refractivity contribution in [3.63, 3.8) is 0 Å². The van der Waals surface area contributed by atoms with Gasteiger partial charge >= 0.3 is 5.97 Å². The van der Waals surface area contributed by atoms with Crippen LogP contribution in [-0.2, 0) is 4.79 Å². The second kappa shape index (κ2) is 4.84. The van der Waals surface area contributed by atoms with Gasteiger partial charge in [-0.2, -0.15) is 0 Å². The quantitative estimate of drug-likeness (QED) is 0.296. The maximum atomic E-state index is 10.3. The summed E-state index contributed by atoms with van der Waals surface area (Å²) in [6.45, 7) is -0.509. The standard InChI is InChI=1S/C6H12N2O3/c1-8-5(7)2-4(3-9)6(10)11/h2,5,8-9H,3,7H2,1H3,(H,10,11)/b4-2+. The predicted octanol–water partition coefficient (Wildman–Crippen LogP) is -1.51. The number of aliphatic hydroxyl groups excluding tert-OH is 1. The third kappa shape index (κ3) is 3.72. The van der Waals surface area contributed by atoms with E-state index in [1.54, 1.807) is 7.05 Å². The van der Waals surface area contributed by atoms with Gasteiger partial charge in [0.05, 0.1) is 18.3 Å². The Morgan fingerprint density at radius 1 is 1.82 bits per heavy atom. The van der Waals surface area contributed by atoms with Gasteiger partial charge in [0, 0.05) is 0 Å². The Labute approximate surface area is 64.5 Å². The van der Waals surface area contributed by atoms with Crippen LogP contribution in [-0.4, -0.2) is 36.0 Å². The SMILES string of the molecule is CNC(N)/C=C(\CO)C(=O)O. The second-order valence-corrected chi connectivity index (χ2v) is 1.97. The molecule has 0 aromatic heterocycles.